The third-order valence-corrected chi connectivity index (χ3v) is 4.89. The van der Waals surface area contributed by atoms with Gasteiger partial charge in [0.1, 0.15) is 0 Å². The van der Waals surface area contributed by atoms with Crippen molar-refractivity contribution in [2.75, 3.05) is 12.3 Å². The van der Waals surface area contributed by atoms with Crippen LogP contribution in [0.5, 0.6) is 0 Å². The molecule has 0 bridgehead atoms. The monoisotopic (exact) mass is 313 g/mol. The Morgan fingerprint density at radius 2 is 2.00 bits per heavy atom. The fraction of sp³-hybridized carbons (Fsp3) is 0.294. The van der Waals surface area contributed by atoms with E-state index >= 15 is 0 Å². The van der Waals surface area contributed by atoms with Crippen LogP contribution in [0, 0.1) is 0 Å². The van der Waals surface area contributed by atoms with Crippen molar-refractivity contribution in [3.05, 3.63) is 66.0 Å². The fourth-order valence-electron chi connectivity index (χ4n) is 2.59. The van der Waals surface area contributed by atoms with Crippen LogP contribution in [0.15, 0.2) is 59.7 Å². The van der Waals surface area contributed by atoms with Gasteiger partial charge in [0.05, 0.1) is 18.0 Å². The molecule has 1 aliphatic heterocycles. The van der Waals surface area contributed by atoms with E-state index in [1.165, 1.54) is 0 Å². The molecule has 114 valence electrons. The predicted octanol–water partition coefficient (Wildman–Crippen LogP) is 2.85. The summed E-state index contributed by atoms with van der Waals surface area (Å²) < 4.78 is 0. The molecule has 1 aromatic carbocycles. The number of benzene rings is 1. The molecule has 2 heterocycles. The molecule has 5 heteroatoms. The van der Waals surface area contributed by atoms with Crippen molar-refractivity contribution in [1.29, 1.82) is 0 Å². The first-order valence-electron chi connectivity index (χ1n) is 7.37. The minimum atomic E-state index is -0.983. The van der Waals surface area contributed by atoms with Crippen LogP contribution in [0.4, 0.5) is 0 Å². The molecular weight excluding hydrogens is 294 g/mol. The van der Waals surface area contributed by atoms with Crippen LogP contribution in [0.3, 0.4) is 0 Å². The average Bonchev–Trinajstić information content (AvgIpc) is 2.92. The SMILES string of the molecule is CCN1C(=NCc2ccccn2)SCC1(O)c1ccccc1. The number of amidine groups is 1. The summed E-state index contributed by atoms with van der Waals surface area (Å²) in [5, 5.41) is 12.0. The van der Waals surface area contributed by atoms with E-state index in [1.54, 1.807) is 18.0 Å². The highest BCUT2D eigenvalue weighted by molar-refractivity contribution is 8.14. The van der Waals surface area contributed by atoms with Gasteiger partial charge in [-0.15, -0.1) is 0 Å². The summed E-state index contributed by atoms with van der Waals surface area (Å²) in [6.07, 6.45) is 1.77. The molecular formula is C17H19N3OS. The largest absolute Gasteiger partial charge is 0.366 e. The first kappa shape index (κ1) is 15.1. The van der Waals surface area contributed by atoms with Gasteiger partial charge < -0.3 is 10.0 Å². The molecule has 4 nitrogen and oxygen atoms in total. The number of rotatable bonds is 4. The van der Waals surface area contributed by atoms with Gasteiger partial charge in [0.15, 0.2) is 10.9 Å². The molecule has 1 saturated heterocycles. The van der Waals surface area contributed by atoms with Gasteiger partial charge in [-0.1, -0.05) is 48.2 Å². The molecule has 1 fully saturated rings. The van der Waals surface area contributed by atoms with Crippen molar-refractivity contribution in [2.45, 2.75) is 19.2 Å². The third-order valence-electron chi connectivity index (χ3n) is 3.73. The van der Waals surface area contributed by atoms with Crippen LogP contribution < -0.4 is 0 Å². The van der Waals surface area contributed by atoms with Crippen LogP contribution >= 0.6 is 11.8 Å². The summed E-state index contributed by atoms with van der Waals surface area (Å²) in [4.78, 5) is 10.9. The normalized spacial score (nSPS) is 23.2. The van der Waals surface area contributed by atoms with Gasteiger partial charge >= 0.3 is 0 Å². The summed E-state index contributed by atoms with van der Waals surface area (Å²) in [7, 11) is 0. The second-order valence-electron chi connectivity index (χ2n) is 5.14. The molecule has 1 atom stereocenters. The highest BCUT2D eigenvalue weighted by atomic mass is 32.2. The standard InChI is InChI=1S/C17H19N3OS/c1-2-20-16(19-12-15-10-6-7-11-18-15)22-13-17(20,21)14-8-4-3-5-9-14/h3-11,21H,2,12-13H2,1H3. The number of aliphatic hydroxyl groups is 1. The van der Waals surface area contributed by atoms with E-state index in [9.17, 15) is 5.11 Å². The number of pyridine rings is 1. The first-order valence-corrected chi connectivity index (χ1v) is 8.35. The second-order valence-corrected chi connectivity index (χ2v) is 6.08. The van der Waals surface area contributed by atoms with Gasteiger partial charge in [0, 0.05) is 18.3 Å². The summed E-state index contributed by atoms with van der Waals surface area (Å²) in [5.41, 5.74) is 0.859. The van der Waals surface area contributed by atoms with Crippen LogP contribution in [-0.4, -0.2) is 32.5 Å². The van der Waals surface area contributed by atoms with E-state index in [0.29, 0.717) is 18.8 Å². The molecule has 0 radical (unpaired) electrons. The molecule has 1 N–H and O–H groups in total. The zero-order valence-corrected chi connectivity index (χ0v) is 13.3. The number of aromatic nitrogens is 1. The number of hydrogen-bond acceptors (Lipinski definition) is 4. The van der Waals surface area contributed by atoms with E-state index in [0.717, 1.165) is 16.4 Å². The van der Waals surface area contributed by atoms with Gasteiger partial charge in [0.25, 0.3) is 0 Å². The lowest BCUT2D eigenvalue weighted by Gasteiger charge is -2.33. The predicted molar refractivity (Wildman–Crippen MR) is 90.6 cm³/mol. The molecule has 3 rings (SSSR count). The molecule has 1 aliphatic rings. The number of hydrogen-bond donors (Lipinski definition) is 1. The summed E-state index contributed by atoms with van der Waals surface area (Å²) in [6.45, 7) is 3.28. The molecule has 2 aromatic rings. The van der Waals surface area contributed by atoms with Crippen molar-refractivity contribution in [3.8, 4) is 0 Å². The molecule has 0 amide bonds. The third kappa shape index (κ3) is 2.87. The maximum Gasteiger partial charge on any atom is 0.175 e. The van der Waals surface area contributed by atoms with Crippen molar-refractivity contribution in [1.82, 2.24) is 9.88 Å². The zero-order valence-electron chi connectivity index (χ0n) is 12.5. The number of thioether (sulfide) groups is 1. The highest BCUT2D eigenvalue weighted by Crippen LogP contribution is 2.38. The molecule has 0 aliphatic carbocycles. The summed E-state index contributed by atoms with van der Waals surface area (Å²) in [6, 6.07) is 15.6. The number of aliphatic imine (C=N–C) groups is 1. The van der Waals surface area contributed by atoms with Gasteiger partial charge in [-0.05, 0) is 19.1 Å². The summed E-state index contributed by atoms with van der Waals surface area (Å²) in [5.74, 6) is 0.589. The van der Waals surface area contributed by atoms with Crippen molar-refractivity contribution < 1.29 is 5.11 Å². The fourth-order valence-corrected chi connectivity index (χ4v) is 3.84. The Labute approximate surface area is 134 Å². The quantitative estimate of drug-likeness (QED) is 0.943. The maximum atomic E-state index is 11.1. The van der Waals surface area contributed by atoms with Gasteiger partial charge in [-0.2, -0.15) is 0 Å². The molecule has 0 saturated carbocycles. The Morgan fingerprint density at radius 3 is 2.68 bits per heavy atom. The maximum absolute atomic E-state index is 11.1. The minimum absolute atomic E-state index is 0.532. The van der Waals surface area contributed by atoms with E-state index in [4.69, 9.17) is 0 Å². The Bertz CT molecular complexity index is 647. The second kappa shape index (κ2) is 6.50. The smallest absolute Gasteiger partial charge is 0.175 e. The van der Waals surface area contributed by atoms with Crippen molar-refractivity contribution >= 4 is 16.9 Å². The van der Waals surface area contributed by atoms with E-state index < -0.39 is 5.72 Å². The topological polar surface area (TPSA) is 48.7 Å². The lowest BCUT2D eigenvalue weighted by Crippen LogP contribution is -2.44. The molecule has 1 unspecified atom stereocenters. The van der Waals surface area contributed by atoms with Gasteiger partial charge in [-0.25, -0.2) is 0 Å². The molecule has 22 heavy (non-hydrogen) atoms. The first-order chi connectivity index (χ1) is 10.7. The lowest BCUT2D eigenvalue weighted by atomic mass is 10.0. The van der Waals surface area contributed by atoms with Crippen LogP contribution in [0.2, 0.25) is 0 Å². The van der Waals surface area contributed by atoms with Gasteiger partial charge in [-0.3, -0.25) is 9.98 Å². The van der Waals surface area contributed by atoms with Crippen LogP contribution in [0.25, 0.3) is 0 Å². The van der Waals surface area contributed by atoms with E-state index in [-0.39, 0.29) is 0 Å². The molecule has 0 spiro atoms. The highest BCUT2D eigenvalue weighted by Gasteiger charge is 2.43. The summed E-state index contributed by atoms with van der Waals surface area (Å²) >= 11 is 1.59. The molecule has 1 aromatic heterocycles. The van der Waals surface area contributed by atoms with Crippen LogP contribution in [-0.2, 0) is 12.3 Å². The lowest BCUT2D eigenvalue weighted by molar-refractivity contribution is -0.0453. The van der Waals surface area contributed by atoms with Crippen molar-refractivity contribution in [2.24, 2.45) is 4.99 Å². The number of nitrogens with zero attached hydrogens (tertiary/aromatic N) is 3. The van der Waals surface area contributed by atoms with E-state index in [1.807, 2.05) is 60.4 Å². The Hall–Kier alpha value is -1.85. The van der Waals surface area contributed by atoms with Crippen LogP contribution in [0.1, 0.15) is 18.2 Å². The van der Waals surface area contributed by atoms with Gasteiger partial charge in [0.2, 0.25) is 0 Å². The minimum Gasteiger partial charge on any atom is -0.366 e. The Kier molecular flexibility index (Phi) is 4.45. The Morgan fingerprint density at radius 1 is 1.23 bits per heavy atom. The van der Waals surface area contributed by atoms with E-state index in [2.05, 4.69) is 9.98 Å². The zero-order chi connectivity index (χ0) is 15.4. The average molecular weight is 313 g/mol. The van der Waals surface area contributed by atoms with Crippen molar-refractivity contribution in [3.63, 3.8) is 0 Å². The Balaban J connectivity index is 1.83.